The molecule has 1 aliphatic rings. The van der Waals surface area contributed by atoms with Gasteiger partial charge in [-0.1, -0.05) is 12.1 Å². The molecule has 0 aliphatic carbocycles. The van der Waals surface area contributed by atoms with Crippen LogP contribution in [-0.4, -0.2) is 37.3 Å². The molecule has 0 unspecified atom stereocenters. The zero-order valence-electron chi connectivity index (χ0n) is 11.5. The van der Waals surface area contributed by atoms with E-state index in [4.69, 9.17) is 0 Å². The fourth-order valence-corrected chi connectivity index (χ4v) is 2.96. The van der Waals surface area contributed by atoms with Crippen molar-refractivity contribution in [3.8, 4) is 0 Å². The number of piperazine rings is 1. The quantitative estimate of drug-likeness (QED) is 0.722. The lowest BCUT2D eigenvalue weighted by molar-refractivity contribution is -0.148. The average Bonchev–Trinajstić information content (AvgIpc) is 2.40. The molecule has 0 aromatic heterocycles. The van der Waals surface area contributed by atoms with Crippen LogP contribution in [0.25, 0.3) is 0 Å². The second kappa shape index (κ2) is 9.27. The first-order chi connectivity index (χ1) is 9.38. The highest BCUT2D eigenvalue weighted by molar-refractivity contribution is 9.10. The van der Waals surface area contributed by atoms with Gasteiger partial charge in [0, 0.05) is 32.2 Å². The summed E-state index contributed by atoms with van der Waals surface area (Å²) in [7, 11) is 0. The van der Waals surface area contributed by atoms with Gasteiger partial charge in [-0.3, -0.25) is 4.90 Å². The highest BCUT2D eigenvalue weighted by Crippen LogP contribution is 2.37. The van der Waals surface area contributed by atoms with E-state index in [-0.39, 0.29) is 29.3 Å². The van der Waals surface area contributed by atoms with E-state index >= 15 is 0 Å². The number of hydrogen-bond acceptors (Lipinski definition) is 2. The standard InChI is InChI=1S/C13H15BrF4N2.2ClH/c14-12-9(2-1-3-10(12)15)11(8-13(16,17)18)20-6-4-19-5-7-20;;/h1-3,11,19H,4-8H2;2*1H/t11-;;/m1../s1. The van der Waals surface area contributed by atoms with Gasteiger partial charge in [-0.25, -0.2) is 4.39 Å². The number of hydrogen-bond donors (Lipinski definition) is 1. The fourth-order valence-electron chi connectivity index (χ4n) is 2.43. The highest BCUT2D eigenvalue weighted by Gasteiger charge is 2.36. The Labute approximate surface area is 147 Å². The molecule has 0 bridgehead atoms. The summed E-state index contributed by atoms with van der Waals surface area (Å²) in [6.45, 7) is 2.32. The van der Waals surface area contributed by atoms with Crippen molar-refractivity contribution in [2.45, 2.75) is 18.6 Å². The van der Waals surface area contributed by atoms with Crippen molar-refractivity contribution in [3.05, 3.63) is 34.1 Å². The molecule has 2 nitrogen and oxygen atoms in total. The third-order valence-electron chi connectivity index (χ3n) is 3.36. The van der Waals surface area contributed by atoms with Gasteiger partial charge in [0.2, 0.25) is 0 Å². The Kier molecular flexibility index (Phi) is 9.24. The third kappa shape index (κ3) is 5.85. The summed E-state index contributed by atoms with van der Waals surface area (Å²) in [5.41, 5.74) is 0.351. The van der Waals surface area contributed by atoms with Crippen LogP contribution in [0.5, 0.6) is 0 Å². The van der Waals surface area contributed by atoms with Crippen molar-refractivity contribution in [2.75, 3.05) is 26.2 Å². The summed E-state index contributed by atoms with van der Waals surface area (Å²) in [5.74, 6) is -0.537. The van der Waals surface area contributed by atoms with Crippen LogP contribution in [-0.2, 0) is 0 Å². The molecule has 22 heavy (non-hydrogen) atoms. The van der Waals surface area contributed by atoms with E-state index in [2.05, 4.69) is 21.2 Å². The Morgan fingerprint density at radius 3 is 2.32 bits per heavy atom. The summed E-state index contributed by atoms with van der Waals surface area (Å²) in [5, 5.41) is 3.10. The second-order valence-corrected chi connectivity index (χ2v) is 5.56. The molecule has 1 heterocycles. The Bertz CT molecular complexity index is 468. The zero-order chi connectivity index (χ0) is 14.8. The van der Waals surface area contributed by atoms with Crippen molar-refractivity contribution >= 4 is 40.7 Å². The minimum Gasteiger partial charge on any atom is -0.314 e. The van der Waals surface area contributed by atoms with Crippen molar-refractivity contribution in [2.24, 2.45) is 0 Å². The maximum atomic E-state index is 13.6. The lowest BCUT2D eigenvalue weighted by Gasteiger charge is -2.36. The van der Waals surface area contributed by atoms with E-state index in [1.807, 2.05) is 0 Å². The average molecular weight is 428 g/mol. The molecule has 0 spiro atoms. The van der Waals surface area contributed by atoms with Gasteiger partial charge in [0.25, 0.3) is 0 Å². The van der Waals surface area contributed by atoms with Crippen LogP contribution < -0.4 is 5.32 Å². The largest absolute Gasteiger partial charge is 0.390 e. The minimum atomic E-state index is -4.29. The number of nitrogens with one attached hydrogen (secondary N) is 1. The van der Waals surface area contributed by atoms with E-state index in [0.29, 0.717) is 31.7 Å². The van der Waals surface area contributed by atoms with E-state index in [0.717, 1.165) is 0 Å². The SMILES string of the molecule is Cl.Cl.Fc1cccc([C@@H](CC(F)(F)F)N2CCNCC2)c1Br. The predicted molar refractivity (Wildman–Crippen MR) is 86.5 cm³/mol. The van der Waals surface area contributed by atoms with Crippen molar-refractivity contribution in [3.63, 3.8) is 0 Å². The molecule has 1 aromatic carbocycles. The first kappa shape index (κ1) is 21.9. The number of rotatable bonds is 3. The van der Waals surface area contributed by atoms with E-state index in [1.54, 1.807) is 11.0 Å². The van der Waals surface area contributed by atoms with Crippen LogP contribution in [0.2, 0.25) is 0 Å². The molecule has 0 radical (unpaired) electrons. The Morgan fingerprint density at radius 1 is 1.18 bits per heavy atom. The smallest absolute Gasteiger partial charge is 0.314 e. The Balaban J connectivity index is 0.00000220. The van der Waals surface area contributed by atoms with Crippen LogP contribution in [0.1, 0.15) is 18.0 Å². The molecule has 1 atom stereocenters. The van der Waals surface area contributed by atoms with E-state index < -0.39 is 24.5 Å². The molecule has 1 N–H and O–H groups in total. The maximum Gasteiger partial charge on any atom is 0.390 e. The van der Waals surface area contributed by atoms with Crippen molar-refractivity contribution < 1.29 is 17.6 Å². The van der Waals surface area contributed by atoms with Gasteiger partial charge in [0.05, 0.1) is 10.9 Å². The summed E-state index contributed by atoms with van der Waals surface area (Å²) < 4.78 is 52.2. The lowest BCUT2D eigenvalue weighted by atomic mass is 10.0. The first-order valence-electron chi connectivity index (χ1n) is 6.34. The van der Waals surface area contributed by atoms with Gasteiger partial charge in [0.1, 0.15) is 5.82 Å². The van der Waals surface area contributed by atoms with Crippen LogP contribution in [0, 0.1) is 5.82 Å². The molecule has 0 saturated carbocycles. The number of halogens is 7. The molecular formula is C13H17BrCl2F4N2. The van der Waals surface area contributed by atoms with Gasteiger partial charge in [0.15, 0.2) is 0 Å². The summed E-state index contributed by atoms with van der Waals surface area (Å²) in [6.07, 6.45) is -5.27. The monoisotopic (exact) mass is 426 g/mol. The topological polar surface area (TPSA) is 15.3 Å². The van der Waals surface area contributed by atoms with E-state index in [9.17, 15) is 17.6 Å². The maximum absolute atomic E-state index is 13.6. The summed E-state index contributed by atoms with van der Waals surface area (Å²) in [6, 6.07) is 3.37. The van der Waals surface area contributed by atoms with Gasteiger partial charge in [-0.15, -0.1) is 24.8 Å². The number of nitrogens with zero attached hydrogens (tertiary/aromatic N) is 1. The van der Waals surface area contributed by atoms with E-state index in [1.165, 1.54) is 12.1 Å². The normalized spacial score (nSPS) is 17.3. The molecule has 1 fully saturated rings. The molecule has 2 rings (SSSR count). The summed E-state index contributed by atoms with van der Waals surface area (Å²) in [4.78, 5) is 1.75. The molecule has 1 aliphatic heterocycles. The predicted octanol–water partition coefficient (Wildman–Crippen LogP) is 4.33. The first-order valence-corrected chi connectivity index (χ1v) is 7.13. The van der Waals surface area contributed by atoms with Crippen molar-refractivity contribution in [1.29, 1.82) is 0 Å². The zero-order valence-corrected chi connectivity index (χ0v) is 14.7. The molecule has 1 saturated heterocycles. The Hall–Kier alpha value is -0.0800. The van der Waals surface area contributed by atoms with Crippen LogP contribution in [0.4, 0.5) is 17.6 Å². The minimum absolute atomic E-state index is 0. The molecular weight excluding hydrogens is 411 g/mol. The van der Waals surface area contributed by atoms with Crippen LogP contribution in [0.15, 0.2) is 22.7 Å². The van der Waals surface area contributed by atoms with Crippen LogP contribution in [0.3, 0.4) is 0 Å². The second-order valence-electron chi connectivity index (χ2n) is 4.76. The number of alkyl halides is 3. The fraction of sp³-hybridized carbons (Fsp3) is 0.538. The van der Waals surface area contributed by atoms with Gasteiger partial charge < -0.3 is 5.32 Å². The number of benzene rings is 1. The molecule has 9 heteroatoms. The van der Waals surface area contributed by atoms with Crippen LogP contribution >= 0.6 is 40.7 Å². The highest BCUT2D eigenvalue weighted by atomic mass is 79.9. The molecule has 0 amide bonds. The molecule has 128 valence electrons. The third-order valence-corrected chi connectivity index (χ3v) is 4.19. The Morgan fingerprint density at radius 2 is 1.77 bits per heavy atom. The van der Waals surface area contributed by atoms with Gasteiger partial charge in [-0.2, -0.15) is 13.2 Å². The van der Waals surface area contributed by atoms with Gasteiger partial charge >= 0.3 is 6.18 Å². The summed E-state index contributed by atoms with van der Waals surface area (Å²) >= 11 is 3.07. The van der Waals surface area contributed by atoms with Crippen molar-refractivity contribution in [1.82, 2.24) is 10.2 Å². The van der Waals surface area contributed by atoms with Gasteiger partial charge in [-0.05, 0) is 27.6 Å². The lowest BCUT2D eigenvalue weighted by Crippen LogP contribution is -2.46. The molecule has 1 aromatic rings.